The average Bonchev–Trinajstić information content (AvgIpc) is 2.98. The fourth-order valence-corrected chi connectivity index (χ4v) is 3.06. The Bertz CT molecular complexity index is 873. The van der Waals surface area contributed by atoms with Crippen LogP contribution < -0.4 is 0 Å². The van der Waals surface area contributed by atoms with Crippen molar-refractivity contribution in [1.82, 2.24) is 4.98 Å². The molecule has 0 unspecified atom stereocenters. The molecule has 0 radical (unpaired) electrons. The van der Waals surface area contributed by atoms with Crippen LogP contribution in [0.25, 0.3) is 22.6 Å². The van der Waals surface area contributed by atoms with Gasteiger partial charge in [-0.2, -0.15) is 5.26 Å². The van der Waals surface area contributed by atoms with E-state index in [0.29, 0.717) is 11.5 Å². The zero-order valence-electron chi connectivity index (χ0n) is 13.1. The van der Waals surface area contributed by atoms with Gasteiger partial charge in [0, 0.05) is 16.5 Å². The van der Waals surface area contributed by atoms with Gasteiger partial charge in [-0.15, -0.1) is 0 Å². The minimum absolute atomic E-state index is 0.271. The van der Waals surface area contributed by atoms with Gasteiger partial charge in [0.15, 0.2) is 5.58 Å². The lowest BCUT2D eigenvalue weighted by Crippen LogP contribution is -1.89. The Balaban J connectivity index is 2.09. The summed E-state index contributed by atoms with van der Waals surface area (Å²) in [6.07, 6.45) is 0.997. The highest BCUT2D eigenvalue weighted by Crippen LogP contribution is 2.31. The molecule has 0 bridgehead atoms. The molecule has 0 atom stereocenters. The van der Waals surface area contributed by atoms with Gasteiger partial charge in [0.25, 0.3) is 0 Å². The maximum atomic E-state index is 9.20. The van der Waals surface area contributed by atoms with Gasteiger partial charge < -0.3 is 4.42 Å². The number of benzene rings is 2. The number of rotatable bonds is 4. The first kappa shape index (κ1) is 15.8. The first-order valence-electron chi connectivity index (χ1n) is 7.62. The lowest BCUT2D eigenvalue weighted by Gasteiger charge is -2.05. The lowest BCUT2D eigenvalue weighted by atomic mass is 10.00. The summed E-state index contributed by atoms with van der Waals surface area (Å²) in [5.41, 5.74) is 5.39. The summed E-state index contributed by atoms with van der Waals surface area (Å²) in [6.45, 7) is 4.18. The number of nitriles is 1. The Morgan fingerprint density at radius 2 is 1.96 bits per heavy atom. The zero-order chi connectivity index (χ0) is 16.4. The van der Waals surface area contributed by atoms with Crippen molar-refractivity contribution in [2.75, 3.05) is 5.33 Å². The van der Waals surface area contributed by atoms with E-state index in [4.69, 9.17) is 4.42 Å². The first-order chi connectivity index (χ1) is 11.1. The van der Waals surface area contributed by atoms with Gasteiger partial charge in [0.2, 0.25) is 5.89 Å². The average molecular weight is 369 g/mol. The van der Waals surface area contributed by atoms with Crippen LogP contribution in [0.15, 0.2) is 40.8 Å². The van der Waals surface area contributed by atoms with Crippen molar-refractivity contribution in [2.45, 2.75) is 26.2 Å². The van der Waals surface area contributed by atoms with Gasteiger partial charge in [-0.1, -0.05) is 41.9 Å². The Hall–Kier alpha value is -2.12. The highest BCUT2D eigenvalue weighted by molar-refractivity contribution is 9.09. The van der Waals surface area contributed by atoms with E-state index in [-0.39, 0.29) is 5.92 Å². The van der Waals surface area contributed by atoms with E-state index in [9.17, 15) is 5.26 Å². The highest BCUT2D eigenvalue weighted by atomic mass is 79.9. The number of oxazole rings is 1. The third-order valence-corrected chi connectivity index (χ3v) is 4.25. The van der Waals surface area contributed by atoms with E-state index in [2.05, 4.69) is 53.0 Å². The van der Waals surface area contributed by atoms with Crippen LogP contribution in [0.2, 0.25) is 0 Å². The van der Waals surface area contributed by atoms with Gasteiger partial charge >= 0.3 is 0 Å². The number of nitrogens with zero attached hydrogens (tertiary/aromatic N) is 2. The smallest absolute Gasteiger partial charge is 0.227 e. The molecule has 23 heavy (non-hydrogen) atoms. The quantitative estimate of drug-likeness (QED) is 0.577. The molecule has 3 rings (SSSR count). The molecule has 116 valence electrons. The molecule has 0 saturated heterocycles. The molecule has 0 aliphatic rings. The summed E-state index contributed by atoms with van der Waals surface area (Å²) in [7, 11) is 0. The van der Waals surface area contributed by atoms with E-state index in [1.54, 1.807) is 6.07 Å². The van der Waals surface area contributed by atoms with E-state index in [0.717, 1.165) is 34.0 Å². The highest BCUT2D eigenvalue weighted by Gasteiger charge is 2.15. The largest absolute Gasteiger partial charge is 0.436 e. The lowest BCUT2D eigenvalue weighted by molar-refractivity contribution is 0.611. The van der Waals surface area contributed by atoms with Crippen LogP contribution in [0.3, 0.4) is 0 Å². The number of halogens is 1. The number of hydrogen-bond acceptors (Lipinski definition) is 3. The Labute approximate surface area is 144 Å². The number of alkyl halides is 1. The van der Waals surface area contributed by atoms with E-state index in [1.807, 2.05) is 18.2 Å². The second-order valence-electron chi connectivity index (χ2n) is 5.84. The van der Waals surface area contributed by atoms with Crippen molar-refractivity contribution in [3.63, 3.8) is 0 Å². The number of aromatic nitrogens is 1. The molecule has 2 aromatic carbocycles. The van der Waals surface area contributed by atoms with Crippen LogP contribution in [0.4, 0.5) is 0 Å². The SMILES string of the molecule is CC(C)c1cc(C#N)cc2nc(-c3ccc(CCBr)cc3)oc12. The standard InChI is InChI=1S/C19H17BrN2O/c1-12(2)16-9-14(11-21)10-17-18(16)23-19(22-17)15-5-3-13(4-6-15)7-8-20/h3-6,9-10,12H,7-8H2,1-2H3. The summed E-state index contributed by atoms with van der Waals surface area (Å²) in [6, 6.07) is 14.1. The molecule has 0 aliphatic heterocycles. The predicted molar refractivity (Wildman–Crippen MR) is 95.7 cm³/mol. The summed E-state index contributed by atoms with van der Waals surface area (Å²) < 4.78 is 6.02. The third kappa shape index (κ3) is 3.16. The maximum Gasteiger partial charge on any atom is 0.227 e. The number of fused-ring (bicyclic) bond motifs is 1. The van der Waals surface area contributed by atoms with E-state index < -0.39 is 0 Å². The molecule has 0 N–H and O–H groups in total. The minimum Gasteiger partial charge on any atom is -0.436 e. The van der Waals surface area contributed by atoms with Crippen LogP contribution >= 0.6 is 15.9 Å². The van der Waals surface area contributed by atoms with Crippen molar-refractivity contribution in [1.29, 1.82) is 5.26 Å². The molecule has 3 nitrogen and oxygen atoms in total. The Morgan fingerprint density at radius 3 is 2.57 bits per heavy atom. The molecule has 0 spiro atoms. The van der Waals surface area contributed by atoms with Crippen molar-refractivity contribution < 1.29 is 4.42 Å². The molecule has 1 heterocycles. The summed E-state index contributed by atoms with van der Waals surface area (Å²) in [5.74, 6) is 0.871. The Kier molecular flexibility index (Phi) is 4.49. The van der Waals surface area contributed by atoms with Gasteiger partial charge in [0.1, 0.15) is 5.52 Å². The second kappa shape index (κ2) is 6.55. The van der Waals surface area contributed by atoms with E-state index >= 15 is 0 Å². The van der Waals surface area contributed by atoms with Crippen LogP contribution in [-0.2, 0) is 6.42 Å². The first-order valence-corrected chi connectivity index (χ1v) is 8.74. The molecule has 0 aliphatic carbocycles. The van der Waals surface area contributed by atoms with Gasteiger partial charge in [0.05, 0.1) is 11.6 Å². The van der Waals surface area contributed by atoms with Crippen LogP contribution in [0.5, 0.6) is 0 Å². The van der Waals surface area contributed by atoms with Crippen LogP contribution in [-0.4, -0.2) is 10.3 Å². The molecule has 0 fully saturated rings. The molecular weight excluding hydrogens is 352 g/mol. The van der Waals surface area contributed by atoms with Crippen molar-refractivity contribution in [3.8, 4) is 17.5 Å². The minimum atomic E-state index is 0.271. The van der Waals surface area contributed by atoms with Crippen LogP contribution in [0.1, 0.15) is 36.5 Å². The second-order valence-corrected chi connectivity index (χ2v) is 6.63. The molecular formula is C19H17BrN2O. The Morgan fingerprint density at radius 1 is 1.22 bits per heavy atom. The maximum absolute atomic E-state index is 9.20. The summed E-state index contributed by atoms with van der Waals surface area (Å²) in [5, 5.41) is 10.1. The summed E-state index contributed by atoms with van der Waals surface area (Å²) in [4.78, 5) is 4.58. The van der Waals surface area contributed by atoms with Crippen molar-refractivity contribution in [3.05, 3.63) is 53.1 Å². The predicted octanol–water partition coefficient (Wildman–Crippen LogP) is 5.43. The van der Waals surface area contributed by atoms with Crippen molar-refractivity contribution >= 4 is 27.0 Å². The number of hydrogen-bond donors (Lipinski definition) is 0. The van der Waals surface area contributed by atoms with Gasteiger partial charge in [-0.3, -0.25) is 0 Å². The van der Waals surface area contributed by atoms with Crippen LogP contribution in [0, 0.1) is 11.3 Å². The molecule has 4 heteroatoms. The fourth-order valence-electron chi connectivity index (χ4n) is 2.60. The number of aryl methyl sites for hydroxylation is 1. The zero-order valence-corrected chi connectivity index (χ0v) is 14.7. The topological polar surface area (TPSA) is 49.8 Å². The van der Waals surface area contributed by atoms with Gasteiger partial charge in [-0.05, 0) is 42.2 Å². The molecule has 0 saturated carbocycles. The summed E-state index contributed by atoms with van der Waals surface area (Å²) >= 11 is 3.45. The van der Waals surface area contributed by atoms with Gasteiger partial charge in [-0.25, -0.2) is 4.98 Å². The third-order valence-electron chi connectivity index (χ3n) is 3.85. The molecule has 0 amide bonds. The molecule has 1 aromatic heterocycles. The normalized spacial score (nSPS) is 11.1. The van der Waals surface area contributed by atoms with E-state index in [1.165, 1.54) is 5.56 Å². The molecule has 3 aromatic rings. The van der Waals surface area contributed by atoms with Crippen molar-refractivity contribution in [2.24, 2.45) is 0 Å². The fraction of sp³-hybridized carbons (Fsp3) is 0.263. The monoisotopic (exact) mass is 368 g/mol.